The number of rotatable bonds is 0. The normalized spacial score (nSPS) is 28.5. The molecule has 7 rings (SSSR count). The summed E-state index contributed by atoms with van der Waals surface area (Å²) in [5, 5.41) is 8.93. The van der Waals surface area contributed by atoms with Crippen LogP contribution in [0.15, 0.2) is 44.4 Å². The molecule has 0 saturated carbocycles. The second-order valence-corrected chi connectivity index (χ2v) is 11.9. The third-order valence-electron chi connectivity index (χ3n) is 8.30. The summed E-state index contributed by atoms with van der Waals surface area (Å²) in [5.74, 6) is 2.90. The molecule has 2 unspecified atom stereocenters. The molecular weight excluding hydrogens is 520 g/mol. The number of anilines is 1. The zero-order chi connectivity index (χ0) is 24.9. The average Bonchev–Trinajstić information content (AvgIpc) is 3.38. The van der Waals surface area contributed by atoms with E-state index in [9.17, 15) is 4.79 Å². The van der Waals surface area contributed by atoms with Crippen molar-refractivity contribution < 1.29 is 9.21 Å². The third kappa shape index (κ3) is 4.35. The van der Waals surface area contributed by atoms with E-state index in [-0.39, 0.29) is 11.8 Å². The summed E-state index contributed by atoms with van der Waals surface area (Å²) < 4.78 is 7.32. The molecule has 190 valence electrons. The minimum Gasteiger partial charge on any atom is -0.420 e. The Morgan fingerprint density at radius 1 is 1.14 bits per heavy atom. The predicted octanol–water partition coefficient (Wildman–Crippen LogP) is 4.69. The van der Waals surface area contributed by atoms with Crippen LogP contribution in [0.4, 0.5) is 5.69 Å². The Morgan fingerprint density at radius 2 is 1.97 bits per heavy atom. The number of amidine groups is 1. The van der Waals surface area contributed by atoms with Crippen LogP contribution in [0.5, 0.6) is 0 Å². The summed E-state index contributed by atoms with van der Waals surface area (Å²) >= 11 is 3.65. The number of benzene rings is 1. The second kappa shape index (κ2) is 9.32. The van der Waals surface area contributed by atoms with Crippen LogP contribution in [-0.2, 0) is 4.79 Å². The van der Waals surface area contributed by atoms with Gasteiger partial charge in [-0.05, 0) is 56.7 Å². The van der Waals surface area contributed by atoms with Gasteiger partial charge in [-0.15, -0.1) is 10.2 Å². The number of carbonyl (C=O) groups excluding carboxylic acids is 1. The van der Waals surface area contributed by atoms with Crippen LogP contribution in [0.25, 0.3) is 11.5 Å². The molecule has 6 heterocycles. The van der Waals surface area contributed by atoms with Crippen molar-refractivity contribution in [1.82, 2.24) is 20.0 Å². The lowest BCUT2D eigenvalue weighted by atomic mass is 9.80. The van der Waals surface area contributed by atoms with Gasteiger partial charge in [-0.3, -0.25) is 4.79 Å². The standard InChI is InChI=1S/C27H33BrN6O2/c1-27-9-3-11-34(17-27)23-14-19(6-10-29-23)24-30-31-25(36-24)21-5-4-20(28)15-22(21)33-12-7-18(8-13-33)16-32(2)26(27)35/h4-6,10,15,18-19H,3,7-9,11-14,16-17H2,1-2H3. The molecule has 0 radical (unpaired) electrons. The molecule has 2 atom stereocenters. The fraction of sp³-hybridized carbons (Fsp3) is 0.556. The second-order valence-electron chi connectivity index (χ2n) is 11.0. The van der Waals surface area contributed by atoms with E-state index >= 15 is 0 Å². The first-order valence-corrected chi connectivity index (χ1v) is 13.8. The first-order chi connectivity index (χ1) is 17.4. The number of aromatic nitrogens is 2. The van der Waals surface area contributed by atoms with Crippen molar-refractivity contribution in [3.63, 3.8) is 0 Å². The molecule has 2 aromatic rings. The number of allylic oxidation sites excluding steroid dienone is 1. The predicted molar refractivity (Wildman–Crippen MR) is 143 cm³/mol. The van der Waals surface area contributed by atoms with Crippen molar-refractivity contribution in [1.29, 1.82) is 0 Å². The Kier molecular flexibility index (Phi) is 6.14. The molecule has 0 N–H and O–H groups in total. The summed E-state index contributed by atoms with van der Waals surface area (Å²) in [6, 6.07) is 6.24. The molecular formula is C27H33BrN6O2. The fourth-order valence-corrected chi connectivity index (χ4v) is 6.64. The highest BCUT2D eigenvalue weighted by Crippen LogP contribution is 2.38. The van der Waals surface area contributed by atoms with Gasteiger partial charge in [0.15, 0.2) is 0 Å². The molecule has 1 aromatic heterocycles. The highest BCUT2D eigenvalue weighted by Gasteiger charge is 2.41. The van der Waals surface area contributed by atoms with E-state index in [0.717, 1.165) is 73.4 Å². The Labute approximate surface area is 220 Å². The SMILES string of the molecule is CN1CC2CCN(CC2)c2cc(Br)ccc2-c2nnc(o2)C2C=CN=C(C2)N2CCCC(C)(C2)C1=O. The molecule has 8 bridgehead atoms. The van der Waals surface area contributed by atoms with Crippen molar-refractivity contribution in [2.75, 3.05) is 44.7 Å². The molecule has 0 spiro atoms. The van der Waals surface area contributed by atoms with E-state index in [0.29, 0.717) is 30.7 Å². The number of fused-ring (bicyclic) bond motifs is 4. The Morgan fingerprint density at radius 3 is 2.81 bits per heavy atom. The molecule has 8 nitrogen and oxygen atoms in total. The summed E-state index contributed by atoms with van der Waals surface area (Å²) in [5.41, 5.74) is 1.67. The van der Waals surface area contributed by atoms with Gasteiger partial charge >= 0.3 is 0 Å². The van der Waals surface area contributed by atoms with Gasteiger partial charge in [-0.25, -0.2) is 4.99 Å². The van der Waals surface area contributed by atoms with Crippen LogP contribution in [-0.4, -0.2) is 71.5 Å². The van der Waals surface area contributed by atoms with Gasteiger partial charge in [0.05, 0.1) is 22.6 Å². The minimum absolute atomic E-state index is 0.0289. The highest BCUT2D eigenvalue weighted by molar-refractivity contribution is 9.10. The third-order valence-corrected chi connectivity index (χ3v) is 8.80. The maximum atomic E-state index is 13.7. The van der Waals surface area contributed by atoms with Gasteiger partial charge < -0.3 is 19.1 Å². The van der Waals surface area contributed by atoms with Gasteiger partial charge in [-0.1, -0.05) is 22.0 Å². The van der Waals surface area contributed by atoms with Crippen molar-refractivity contribution in [2.45, 2.75) is 44.9 Å². The number of carbonyl (C=O) groups is 1. The molecule has 5 aliphatic rings. The largest absolute Gasteiger partial charge is 0.420 e. The van der Waals surface area contributed by atoms with Crippen molar-refractivity contribution in [2.24, 2.45) is 16.3 Å². The van der Waals surface area contributed by atoms with E-state index < -0.39 is 5.41 Å². The number of amides is 1. The van der Waals surface area contributed by atoms with Gasteiger partial charge in [-0.2, -0.15) is 0 Å². The number of halogens is 1. The summed E-state index contributed by atoms with van der Waals surface area (Å²) in [6.45, 7) is 6.44. The number of hydrogen-bond donors (Lipinski definition) is 0. The average molecular weight is 554 g/mol. The van der Waals surface area contributed by atoms with Crippen molar-refractivity contribution in [3.05, 3.63) is 40.8 Å². The van der Waals surface area contributed by atoms with Gasteiger partial charge in [0.2, 0.25) is 17.7 Å². The fourth-order valence-electron chi connectivity index (χ4n) is 6.29. The van der Waals surface area contributed by atoms with Crippen molar-refractivity contribution in [3.8, 4) is 11.5 Å². The topological polar surface area (TPSA) is 78.1 Å². The van der Waals surface area contributed by atoms with Gasteiger partial charge in [0.25, 0.3) is 0 Å². The zero-order valence-electron chi connectivity index (χ0n) is 21.0. The molecule has 0 aliphatic carbocycles. The van der Waals surface area contributed by atoms with E-state index in [1.807, 2.05) is 30.3 Å². The molecule has 1 amide bonds. The zero-order valence-corrected chi connectivity index (χ0v) is 22.6. The number of piperidine rings is 2. The van der Waals surface area contributed by atoms with Crippen LogP contribution in [0.2, 0.25) is 0 Å². The highest BCUT2D eigenvalue weighted by atomic mass is 79.9. The minimum atomic E-state index is -0.402. The Bertz CT molecular complexity index is 1220. The lowest BCUT2D eigenvalue weighted by Gasteiger charge is -2.44. The molecule has 2 fully saturated rings. The first kappa shape index (κ1) is 23.7. The lowest BCUT2D eigenvalue weighted by Crippen LogP contribution is -2.53. The number of hydrogen-bond acceptors (Lipinski definition) is 7. The Balaban J connectivity index is 1.38. The van der Waals surface area contributed by atoms with E-state index in [1.165, 1.54) is 0 Å². The van der Waals surface area contributed by atoms with Gasteiger partial charge in [0.1, 0.15) is 5.84 Å². The van der Waals surface area contributed by atoms with E-state index in [1.54, 1.807) is 0 Å². The summed E-state index contributed by atoms with van der Waals surface area (Å²) in [4.78, 5) is 25.1. The van der Waals surface area contributed by atoms with Crippen molar-refractivity contribution >= 4 is 33.4 Å². The van der Waals surface area contributed by atoms with Crippen LogP contribution >= 0.6 is 15.9 Å². The summed E-state index contributed by atoms with van der Waals surface area (Å²) in [6.07, 6.45) is 8.57. The molecule has 9 heteroatoms. The van der Waals surface area contributed by atoms with Crippen LogP contribution in [0.3, 0.4) is 0 Å². The Hall–Kier alpha value is -2.68. The molecule has 2 saturated heterocycles. The van der Waals surface area contributed by atoms with Crippen LogP contribution in [0.1, 0.15) is 50.8 Å². The smallest absolute Gasteiger partial charge is 0.249 e. The maximum Gasteiger partial charge on any atom is 0.249 e. The quantitative estimate of drug-likeness (QED) is 0.471. The maximum absolute atomic E-state index is 13.7. The molecule has 1 aromatic carbocycles. The molecule has 36 heavy (non-hydrogen) atoms. The van der Waals surface area contributed by atoms with E-state index in [2.05, 4.69) is 55.0 Å². The summed E-state index contributed by atoms with van der Waals surface area (Å²) in [7, 11) is 1.99. The van der Waals surface area contributed by atoms with Gasteiger partial charge in [0, 0.05) is 56.9 Å². The van der Waals surface area contributed by atoms with Crippen LogP contribution < -0.4 is 4.90 Å². The first-order valence-electron chi connectivity index (χ1n) is 13.0. The van der Waals surface area contributed by atoms with Crippen LogP contribution in [0, 0.1) is 11.3 Å². The lowest BCUT2D eigenvalue weighted by molar-refractivity contribution is -0.142. The number of nitrogens with zero attached hydrogens (tertiary/aromatic N) is 6. The monoisotopic (exact) mass is 552 g/mol. The number of aliphatic imine (C=N–C) groups is 1. The molecule has 5 aliphatic heterocycles. The van der Waals surface area contributed by atoms with E-state index in [4.69, 9.17) is 9.41 Å².